The molecular weight excluding hydrogens is 206 g/mol. The van der Waals surface area contributed by atoms with Crippen LogP contribution in [0.4, 0.5) is 0 Å². The predicted molar refractivity (Wildman–Crippen MR) is 62.3 cm³/mol. The minimum absolute atomic E-state index is 0.138. The number of carbonyl (C=O) groups is 1. The Morgan fingerprint density at radius 1 is 1.50 bits per heavy atom. The fraction of sp³-hybridized carbons (Fsp3) is 0.917. The molecule has 1 saturated carbocycles. The summed E-state index contributed by atoms with van der Waals surface area (Å²) in [5.41, 5.74) is 0. The van der Waals surface area contributed by atoms with Crippen molar-refractivity contribution in [3.05, 3.63) is 0 Å². The maximum absolute atomic E-state index is 11.1. The average Bonchev–Trinajstić information content (AvgIpc) is 3.01. The molecule has 0 amide bonds. The summed E-state index contributed by atoms with van der Waals surface area (Å²) in [5.74, 6) is 0.679. The van der Waals surface area contributed by atoms with Gasteiger partial charge in [0, 0.05) is 19.2 Å². The summed E-state index contributed by atoms with van der Waals surface area (Å²) in [4.78, 5) is 11.1. The van der Waals surface area contributed by atoms with Gasteiger partial charge in [0.25, 0.3) is 0 Å². The number of esters is 1. The lowest BCUT2D eigenvalue weighted by Gasteiger charge is -2.12. The average molecular weight is 229 g/mol. The topological polar surface area (TPSA) is 47.6 Å². The smallest absolute Gasteiger partial charge is 0.307 e. The summed E-state index contributed by atoms with van der Waals surface area (Å²) >= 11 is 0. The first-order valence-corrected chi connectivity index (χ1v) is 6.19. The molecular formula is C12H23NO3. The summed E-state index contributed by atoms with van der Waals surface area (Å²) in [7, 11) is 0. The minimum atomic E-state index is -0.138. The second kappa shape index (κ2) is 7.63. The van der Waals surface area contributed by atoms with Crippen LogP contribution in [-0.4, -0.2) is 38.4 Å². The van der Waals surface area contributed by atoms with E-state index in [1.165, 1.54) is 12.8 Å². The van der Waals surface area contributed by atoms with Crippen molar-refractivity contribution in [3.8, 4) is 0 Å². The number of hydrogen-bond acceptors (Lipinski definition) is 4. The molecule has 0 aromatic rings. The lowest BCUT2D eigenvalue weighted by molar-refractivity contribution is -0.143. The lowest BCUT2D eigenvalue weighted by Crippen LogP contribution is -2.32. The predicted octanol–water partition coefficient (Wildman–Crippen LogP) is 1.34. The van der Waals surface area contributed by atoms with E-state index in [4.69, 9.17) is 9.47 Å². The van der Waals surface area contributed by atoms with Crippen molar-refractivity contribution in [2.45, 2.75) is 39.2 Å². The Bertz CT molecular complexity index is 204. The normalized spacial score (nSPS) is 17.1. The van der Waals surface area contributed by atoms with Crippen molar-refractivity contribution in [1.82, 2.24) is 5.32 Å². The van der Waals surface area contributed by atoms with Gasteiger partial charge in [-0.25, -0.2) is 0 Å². The van der Waals surface area contributed by atoms with Gasteiger partial charge in [0.15, 0.2) is 0 Å². The van der Waals surface area contributed by atoms with E-state index in [1.54, 1.807) is 0 Å². The molecule has 1 unspecified atom stereocenters. The number of carbonyl (C=O) groups excluding carboxylic acids is 1. The molecule has 1 atom stereocenters. The van der Waals surface area contributed by atoms with Crippen LogP contribution in [0.15, 0.2) is 0 Å². The fourth-order valence-electron chi connectivity index (χ4n) is 1.45. The third-order valence-electron chi connectivity index (χ3n) is 2.57. The van der Waals surface area contributed by atoms with E-state index in [0.29, 0.717) is 13.0 Å². The summed E-state index contributed by atoms with van der Waals surface area (Å²) in [5, 5.41) is 3.24. The first kappa shape index (κ1) is 13.5. The number of ether oxygens (including phenoxy) is 2. The Balaban J connectivity index is 1.88. The zero-order valence-electron chi connectivity index (χ0n) is 10.3. The van der Waals surface area contributed by atoms with E-state index in [0.717, 1.165) is 25.7 Å². The summed E-state index contributed by atoms with van der Waals surface area (Å²) in [6.07, 6.45) is 3.08. The molecule has 0 bridgehead atoms. The van der Waals surface area contributed by atoms with Crippen LogP contribution < -0.4 is 5.32 Å². The largest absolute Gasteiger partial charge is 0.466 e. The third kappa shape index (κ3) is 6.80. The SMILES string of the molecule is CCOC(=O)CC(C)NCCOCC1CC1. The quantitative estimate of drug-likeness (QED) is 0.479. The van der Waals surface area contributed by atoms with Crippen LogP contribution in [0.1, 0.15) is 33.1 Å². The van der Waals surface area contributed by atoms with Crippen molar-refractivity contribution in [2.24, 2.45) is 5.92 Å². The molecule has 16 heavy (non-hydrogen) atoms. The van der Waals surface area contributed by atoms with Gasteiger partial charge < -0.3 is 14.8 Å². The van der Waals surface area contributed by atoms with Crippen LogP contribution >= 0.6 is 0 Å². The molecule has 0 aromatic heterocycles. The number of nitrogens with one attached hydrogen (secondary N) is 1. The molecule has 1 rings (SSSR count). The zero-order chi connectivity index (χ0) is 11.8. The minimum Gasteiger partial charge on any atom is -0.466 e. The van der Waals surface area contributed by atoms with Crippen molar-refractivity contribution < 1.29 is 14.3 Å². The third-order valence-corrected chi connectivity index (χ3v) is 2.57. The van der Waals surface area contributed by atoms with E-state index in [2.05, 4.69) is 5.32 Å². The summed E-state index contributed by atoms with van der Waals surface area (Å²) in [6, 6.07) is 0.156. The van der Waals surface area contributed by atoms with Crippen LogP contribution in [0, 0.1) is 5.92 Å². The Kier molecular flexibility index (Phi) is 6.42. The van der Waals surface area contributed by atoms with Gasteiger partial charge >= 0.3 is 5.97 Å². The van der Waals surface area contributed by atoms with Gasteiger partial charge in [0.1, 0.15) is 0 Å². The summed E-state index contributed by atoms with van der Waals surface area (Å²) < 4.78 is 10.4. The molecule has 0 aromatic carbocycles. The second-order valence-electron chi connectivity index (χ2n) is 4.38. The van der Waals surface area contributed by atoms with E-state index in [1.807, 2.05) is 13.8 Å². The first-order chi connectivity index (χ1) is 7.72. The van der Waals surface area contributed by atoms with Gasteiger partial charge in [-0.15, -0.1) is 0 Å². The van der Waals surface area contributed by atoms with E-state index in [-0.39, 0.29) is 12.0 Å². The molecule has 0 heterocycles. The fourth-order valence-corrected chi connectivity index (χ4v) is 1.45. The highest BCUT2D eigenvalue weighted by atomic mass is 16.5. The molecule has 0 spiro atoms. The van der Waals surface area contributed by atoms with Crippen LogP contribution in [0.25, 0.3) is 0 Å². The molecule has 0 radical (unpaired) electrons. The van der Waals surface area contributed by atoms with E-state index in [9.17, 15) is 4.79 Å². The van der Waals surface area contributed by atoms with Crippen LogP contribution in [-0.2, 0) is 14.3 Å². The van der Waals surface area contributed by atoms with Crippen molar-refractivity contribution >= 4 is 5.97 Å². The first-order valence-electron chi connectivity index (χ1n) is 6.19. The van der Waals surface area contributed by atoms with E-state index >= 15 is 0 Å². The van der Waals surface area contributed by atoms with Gasteiger partial charge in [-0.2, -0.15) is 0 Å². The maximum atomic E-state index is 11.1. The van der Waals surface area contributed by atoms with Gasteiger partial charge in [0.2, 0.25) is 0 Å². The maximum Gasteiger partial charge on any atom is 0.307 e. The van der Waals surface area contributed by atoms with E-state index < -0.39 is 0 Å². The Morgan fingerprint density at radius 3 is 2.88 bits per heavy atom. The zero-order valence-corrected chi connectivity index (χ0v) is 10.3. The van der Waals surface area contributed by atoms with Gasteiger partial charge in [-0.05, 0) is 32.6 Å². The molecule has 1 fully saturated rings. The second-order valence-corrected chi connectivity index (χ2v) is 4.38. The van der Waals surface area contributed by atoms with Crippen molar-refractivity contribution in [2.75, 3.05) is 26.4 Å². The standard InChI is InChI=1S/C12H23NO3/c1-3-16-12(14)8-10(2)13-6-7-15-9-11-4-5-11/h10-11,13H,3-9H2,1-2H3. The van der Waals surface area contributed by atoms with Crippen LogP contribution in [0.2, 0.25) is 0 Å². The Labute approximate surface area is 97.7 Å². The van der Waals surface area contributed by atoms with Gasteiger partial charge in [-0.1, -0.05) is 0 Å². The number of rotatable bonds is 9. The monoisotopic (exact) mass is 229 g/mol. The molecule has 1 aliphatic carbocycles. The van der Waals surface area contributed by atoms with Crippen LogP contribution in [0.3, 0.4) is 0 Å². The van der Waals surface area contributed by atoms with Crippen molar-refractivity contribution in [1.29, 1.82) is 0 Å². The Hall–Kier alpha value is -0.610. The highest BCUT2D eigenvalue weighted by Gasteiger charge is 2.20. The van der Waals surface area contributed by atoms with Crippen molar-refractivity contribution in [3.63, 3.8) is 0 Å². The van der Waals surface area contributed by atoms with Gasteiger partial charge in [0.05, 0.1) is 19.6 Å². The summed E-state index contributed by atoms with van der Waals surface area (Å²) in [6.45, 7) is 6.68. The molecule has 1 N–H and O–H groups in total. The Morgan fingerprint density at radius 2 is 2.25 bits per heavy atom. The van der Waals surface area contributed by atoms with Crippen LogP contribution in [0.5, 0.6) is 0 Å². The molecule has 4 heteroatoms. The highest BCUT2D eigenvalue weighted by Crippen LogP contribution is 2.28. The molecule has 4 nitrogen and oxygen atoms in total. The molecule has 94 valence electrons. The molecule has 0 saturated heterocycles. The highest BCUT2D eigenvalue weighted by molar-refractivity contribution is 5.69. The number of hydrogen-bond donors (Lipinski definition) is 1. The van der Waals surface area contributed by atoms with Gasteiger partial charge in [-0.3, -0.25) is 4.79 Å². The lowest BCUT2D eigenvalue weighted by atomic mass is 10.2. The molecule has 1 aliphatic rings. The molecule has 0 aliphatic heterocycles.